The van der Waals surface area contributed by atoms with E-state index in [-0.39, 0.29) is 17.5 Å². The van der Waals surface area contributed by atoms with Crippen molar-refractivity contribution in [1.29, 1.82) is 0 Å². The molecule has 1 amide bonds. The Labute approximate surface area is 118 Å². The lowest BCUT2D eigenvalue weighted by molar-refractivity contribution is 0.0906. The van der Waals surface area contributed by atoms with Crippen molar-refractivity contribution in [2.24, 2.45) is 11.8 Å². The molecule has 2 rings (SSSR count). The minimum absolute atomic E-state index is 0.0266. The van der Waals surface area contributed by atoms with Crippen molar-refractivity contribution in [3.63, 3.8) is 0 Å². The number of hydrogen-bond acceptors (Lipinski definition) is 1. The summed E-state index contributed by atoms with van der Waals surface area (Å²) in [7, 11) is 0. The fourth-order valence-electron chi connectivity index (χ4n) is 2.61. The van der Waals surface area contributed by atoms with E-state index in [2.05, 4.69) is 19.2 Å². The Bertz CT molecular complexity index is 477. The van der Waals surface area contributed by atoms with Crippen molar-refractivity contribution in [3.05, 3.63) is 34.6 Å². The highest BCUT2D eigenvalue weighted by Crippen LogP contribution is 2.29. The van der Waals surface area contributed by atoms with Crippen LogP contribution in [0.25, 0.3) is 0 Å². The molecule has 0 radical (unpaired) electrons. The van der Waals surface area contributed by atoms with E-state index in [1.807, 2.05) is 0 Å². The summed E-state index contributed by atoms with van der Waals surface area (Å²) in [5.41, 5.74) is 0.0266. The highest BCUT2D eigenvalue weighted by atomic mass is 35.5. The molecule has 1 aliphatic carbocycles. The Kier molecular flexibility index (Phi) is 4.46. The Morgan fingerprint density at radius 3 is 2.74 bits per heavy atom. The molecule has 0 heterocycles. The van der Waals surface area contributed by atoms with Crippen molar-refractivity contribution in [2.75, 3.05) is 0 Å². The van der Waals surface area contributed by atoms with Gasteiger partial charge in [-0.1, -0.05) is 25.4 Å². The number of amides is 1. The monoisotopic (exact) mass is 283 g/mol. The third kappa shape index (κ3) is 3.47. The summed E-state index contributed by atoms with van der Waals surface area (Å²) >= 11 is 5.80. The van der Waals surface area contributed by atoms with Gasteiger partial charge in [-0.2, -0.15) is 0 Å². The molecule has 1 aromatic rings. The molecule has 104 valence electrons. The molecular formula is C15H19ClFNO. The summed E-state index contributed by atoms with van der Waals surface area (Å²) in [6.45, 7) is 4.43. The van der Waals surface area contributed by atoms with Crippen LogP contribution in [0.15, 0.2) is 18.2 Å². The van der Waals surface area contributed by atoms with Gasteiger partial charge in [-0.05, 0) is 49.3 Å². The van der Waals surface area contributed by atoms with Gasteiger partial charge in [-0.25, -0.2) is 4.39 Å². The largest absolute Gasteiger partial charge is 0.349 e. The number of hydrogen-bond donors (Lipinski definition) is 1. The maximum absolute atomic E-state index is 13.6. The third-order valence-corrected chi connectivity index (χ3v) is 4.34. The van der Waals surface area contributed by atoms with Crippen LogP contribution in [0.1, 0.15) is 43.5 Å². The molecule has 1 aliphatic rings. The summed E-state index contributed by atoms with van der Waals surface area (Å²) in [5.74, 6) is 0.380. The van der Waals surface area contributed by atoms with Crippen LogP contribution in [0, 0.1) is 17.7 Å². The maximum atomic E-state index is 13.6. The van der Waals surface area contributed by atoms with Crippen LogP contribution in [0.5, 0.6) is 0 Å². The molecule has 1 saturated carbocycles. The summed E-state index contributed by atoms with van der Waals surface area (Å²) in [6.07, 6.45) is 3.01. The first-order valence-corrected chi connectivity index (χ1v) is 7.11. The molecule has 4 heteroatoms. The molecule has 0 saturated heterocycles. The van der Waals surface area contributed by atoms with Gasteiger partial charge in [0, 0.05) is 11.1 Å². The van der Waals surface area contributed by atoms with E-state index in [4.69, 9.17) is 11.6 Å². The first kappa shape index (κ1) is 14.3. The average Bonchev–Trinajstić information content (AvgIpc) is 2.36. The van der Waals surface area contributed by atoms with Crippen molar-refractivity contribution >= 4 is 17.5 Å². The van der Waals surface area contributed by atoms with Gasteiger partial charge in [-0.15, -0.1) is 0 Å². The second-order valence-corrected chi connectivity index (χ2v) is 6.00. The zero-order valence-corrected chi connectivity index (χ0v) is 12.0. The number of carbonyl (C=O) groups is 1. The van der Waals surface area contributed by atoms with E-state index in [9.17, 15) is 9.18 Å². The summed E-state index contributed by atoms with van der Waals surface area (Å²) in [6, 6.07) is 4.18. The van der Waals surface area contributed by atoms with E-state index >= 15 is 0 Å². The van der Waals surface area contributed by atoms with Gasteiger partial charge in [0.25, 0.3) is 5.91 Å². The lowest BCUT2D eigenvalue weighted by atomic mass is 9.79. The number of halogens is 2. The second kappa shape index (κ2) is 5.91. The second-order valence-electron chi connectivity index (χ2n) is 5.56. The predicted molar refractivity (Wildman–Crippen MR) is 74.8 cm³/mol. The molecule has 1 aromatic carbocycles. The van der Waals surface area contributed by atoms with Crippen molar-refractivity contribution in [3.8, 4) is 0 Å². The Balaban J connectivity index is 2.03. The number of nitrogens with one attached hydrogen (secondary N) is 1. The van der Waals surface area contributed by atoms with Gasteiger partial charge in [-0.3, -0.25) is 4.79 Å². The highest BCUT2D eigenvalue weighted by Gasteiger charge is 2.26. The quantitative estimate of drug-likeness (QED) is 0.872. The van der Waals surface area contributed by atoms with Gasteiger partial charge < -0.3 is 5.32 Å². The molecule has 3 unspecified atom stereocenters. The summed E-state index contributed by atoms with van der Waals surface area (Å²) < 4.78 is 13.6. The van der Waals surface area contributed by atoms with E-state index in [0.717, 1.165) is 19.3 Å². The molecule has 1 fully saturated rings. The predicted octanol–water partition coefficient (Wildman–Crippen LogP) is 4.03. The fourth-order valence-corrected chi connectivity index (χ4v) is 2.79. The number of benzene rings is 1. The van der Waals surface area contributed by atoms with Crippen LogP contribution in [0.2, 0.25) is 5.02 Å². The molecular weight excluding hydrogens is 265 g/mol. The Hall–Kier alpha value is -1.09. The minimum atomic E-state index is -0.529. The van der Waals surface area contributed by atoms with Gasteiger partial charge in [0.15, 0.2) is 0 Å². The molecule has 0 aromatic heterocycles. The van der Waals surface area contributed by atoms with E-state index in [0.29, 0.717) is 16.9 Å². The van der Waals surface area contributed by atoms with Crippen molar-refractivity contribution < 1.29 is 9.18 Å². The van der Waals surface area contributed by atoms with E-state index in [1.54, 1.807) is 0 Å². The lowest BCUT2D eigenvalue weighted by Gasteiger charge is -2.32. The smallest absolute Gasteiger partial charge is 0.254 e. The van der Waals surface area contributed by atoms with Crippen LogP contribution in [-0.2, 0) is 0 Å². The van der Waals surface area contributed by atoms with Gasteiger partial charge in [0.2, 0.25) is 0 Å². The Morgan fingerprint density at radius 2 is 2.05 bits per heavy atom. The molecule has 3 atom stereocenters. The third-order valence-electron chi connectivity index (χ3n) is 4.11. The molecule has 0 spiro atoms. The fraction of sp³-hybridized carbons (Fsp3) is 0.533. The molecule has 0 bridgehead atoms. The summed E-state index contributed by atoms with van der Waals surface area (Å²) in [5, 5.41) is 3.29. The van der Waals surface area contributed by atoms with E-state index < -0.39 is 5.82 Å². The molecule has 2 nitrogen and oxygen atoms in total. The van der Waals surface area contributed by atoms with Gasteiger partial charge in [0.05, 0.1) is 5.56 Å². The zero-order valence-electron chi connectivity index (χ0n) is 11.2. The van der Waals surface area contributed by atoms with Crippen LogP contribution in [0.3, 0.4) is 0 Å². The standard InChI is InChI=1S/C15H19ClFNO/c1-9-3-5-12(7-10(9)2)18-15(19)13-8-11(16)4-6-14(13)17/h4,6,8-10,12H,3,5,7H2,1-2H3,(H,18,19). The number of rotatable bonds is 2. The Morgan fingerprint density at radius 1 is 1.32 bits per heavy atom. The van der Waals surface area contributed by atoms with Gasteiger partial charge in [0.1, 0.15) is 5.82 Å². The van der Waals surface area contributed by atoms with Crippen LogP contribution < -0.4 is 5.32 Å². The van der Waals surface area contributed by atoms with Crippen molar-refractivity contribution in [2.45, 2.75) is 39.2 Å². The van der Waals surface area contributed by atoms with Crippen molar-refractivity contribution in [1.82, 2.24) is 5.32 Å². The topological polar surface area (TPSA) is 29.1 Å². The SMILES string of the molecule is CC1CCC(NC(=O)c2cc(Cl)ccc2F)CC1C. The average molecular weight is 284 g/mol. The highest BCUT2D eigenvalue weighted by molar-refractivity contribution is 6.31. The minimum Gasteiger partial charge on any atom is -0.349 e. The number of carbonyl (C=O) groups excluding carboxylic acids is 1. The normalized spacial score (nSPS) is 27.1. The van der Waals surface area contributed by atoms with Crippen LogP contribution in [0.4, 0.5) is 4.39 Å². The van der Waals surface area contributed by atoms with Crippen LogP contribution in [-0.4, -0.2) is 11.9 Å². The van der Waals surface area contributed by atoms with Crippen LogP contribution >= 0.6 is 11.6 Å². The molecule has 0 aliphatic heterocycles. The van der Waals surface area contributed by atoms with E-state index in [1.165, 1.54) is 18.2 Å². The summed E-state index contributed by atoms with van der Waals surface area (Å²) in [4.78, 5) is 12.1. The molecule has 1 N–H and O–H groups in total. The first-order chi connectivity index (χ1) is 8.97. The first-order valence-electron chi connectivity index (χ1n) is 6.73. The lowest BCUT2D eigenvalue weighted by Crippen LogP contribution is -2.40. The van der Waals surface area contributed by atoms with Gasteiger partial charge >= 0.3 is 0 Å². The maximum Gasteiger partial charge on any atom is 0.254 e. The zero-order chi connectivity index (χ0) is 14.0. The molecule has 19 heavy (non-hydrogen) atoms.